The molecule has 1 aliphatic carbocycles. The molecule has 6 rings (SSSR count). The maximum atomic E-state index is 14.4. The summed E-state index contributed by atoms with van der Waals surface area (Å²) in [5.74, 6) is 1.67. The fourth-order valence-electron chi connectivity index (χ4n) is 4.50. The van der Waals surface area contributed by atoms with E-state index in [1.165, 1.54) is 0 Å². The number of aliphatic imine (C=N–C) groups is 1. The molecule has 33 heavy (non-hydrogen) atoms. The molecule has 168 valence electrons. The number of imidazole rings is 1. The molecule has 0 radical (unpaired) electrons. The number of benzene rings is 1. The maximum absolute atomic E-state index is 14.4. The van der Waals surface area contributed by atoms with Crippen molar-refractivity contribution in [1.82, 2.24) is 24.3 Å². The van der Waals surface area contributed by atoms with E-state index in [9.17, 15) is 4.39 Å². The molecule has 0 amide bonds. The average Bonchev–Trinajstić information content (AvgIpc) is 3.53. The molecule has 0 saturated heterocycles. The van der Waals surface area contributed by atoms with Crippen LogP contribution < -0.4 is 0 Å². The van der Waals surface area contributed by atoms with Gasteiger partial charge in [0.25, 0.3) is 0 Å². The maximum Gasteiger partial charge on any atom is 0.238 e. The first-order valence-corrected chi connectivity index (χ1v) is 11.1. The predicted molar refractivity (Wildman–Crippen MR) is 120 cm³/mol. The quantitative estimate of drug-likeness (QED) is 0.454. The monoisotopic (exact) mass is 466 g/mol. The summed E-state index contributed by atoms with van der Waals surface area (Å²) < 4.78 is 29.6. The molecule has 0 bridgehead atoms. The Kier molecular flexibility index (Phi) is 4.88. The van der Waals surface area contributed by atoms with Gasteiger partial charge < -0.3 is 14.0 Å². The van der Waals surface area contributed by atoms with E-state index in [0.717, 1.165) is 16.9 Å². The Morgan fingerprint density at radius 1 is 1.30 bits per heavy atom. The first-order valence-electron chi connectivity index (χ1n) is 10.7. The van der Waals surface area contributed by atoms with Gasteiger partial charge in [0.05, 0.1) is 17.9 Å². The summed E-state index contributed by atoms with van der Waals surface area (Å²) in [6.45, 7) is 1.03. The highest BCUT2D eigenvalue weighted by Crippen LogP contribution is 2.35. The van der Waals surface area contributed by atoms with Crippen molar-refractivity contribution in [3.63, 3.8) is 0 Å². The van der Waals surface area contributed by atoms with Crippen molar-refractivity contribution in [2.45, 2.75) is 32.0 Å². The van der Waals surface area contributed by atoms with Crippen molar-refractivity contribution >= 4 is 17.5 Å². The van der Waals surface area contributed by atoms with E-state index in [1.54, 1.807) is 13.4 Å². The molecular weight excluding hydrogens is 447 g/mol. The molecule has 0 fully saturated rings. The van der Waals surface area contributed by atoms with Crippen LogP contribution in [0.25, 0.3) is 17.1 Å². The van der Waals surface area contributed by atoms with Gasteiger partial charge in [-0.15, -0.1) is 10.2 Å². The van der Waals surface area contributed by atoms with Crippen LogP contribution in [0.15, 0.2) is 53.1 Å². The first-order chi connectivity index (χ1) is 16.1. The summed E-state index contributed by atoms with van der Waals surface area (Å²) in [7, 11) is 1.62. The highest BCUT2D eigenvalue weighted by atomic mass is 35.5. The summed E-state index contributed by atoms with van der Waals surface area (Å²) in [5, 5.41) is 9.33. The normalized spacial score (nSPS) is 19.0. The number of rotatable bonds is 4. The van der Waals surface area contributed by atoms with Gasteiger partial charge in [0.2, 0.25) is 5.90 Å². The molecular formula is C23H20ClFN6O2. The van der Waals surface area contributed by atoms with Crippen LogP contribution in [-0.2, 0) is 22.6 Å². The standard InChI is InChI=1S/C23H20ClFN6O2/c1-32-11-20-28-29-22-15-8-13(24)6-7-18(15)31-12-26-21(19(31)9-30(20)22)23-27-17(10-33-23)14-4-2-3-5-16(14)25/h2,4,6-8,12,17H,3,5,9-11H2,1H3/t17-/m1/s1. The van der Waals surface area contributed by atoms with Crippen LogP contribution in [0.1, 0.15) is 30.1 Å². The number of aromatic nitrogens is 5. The molecule has 1 aromatic carbocycles. The third kappa shape index (κ3) is 3.30. The van der Waals surface area contributed by atoms with Gasteiger partial charge >= 0.3 is 0 Å². The molecule has 3 aliphatic rings. The molecule has 4 heterocycles. The molecule has 2 aromatic heterocycles. The number of fused-ring (bicyclic) bond motifs is 5. The zero-order chi connectivity index (χ0) is 22.5. The molecule has 0 saturated carbocycles. The summed E-state index contributed by atoms with van der Waals surface area (Å²) in [4.78, 5) is 9.33. The highest BCUT2D eigenvalue weighted by molar-refractivity contribution is 6.31. The van der Waals surface area contributed by atoms with Gasteiger partial charge in [-0.3, -0.25) is 4.57 Å². The molecule has 10 heteroatoms. The zero-order valence-corrected chi connectivity index (χ0v) is 18.6. The third-order valence-electron chi connectivity index (χ3n) is 6.09. The van der Waals surface area contributed by atoms with Gasteiger partial charge in [0, 0.05) is 29.7 Å². The summed E-state index contributed by atoms with van der Waals surface area (Å²) >= 11 is 6.32. The van der Waals surface area contributed by atoms with Crippen LogP contribution in [-0.4, -0.2) is 50.0 Å². The number of halogens is 2. The lowest BCUT2D eigenvalue weighted by Gasteiger charge is -2.12. The minimum Gasteiger partial charge on any atom is -0.474 e. The second-order valence-electron chi connectivity index (χ2n) is 8.09. The van der Waals surface area contributed by atoms with Crippen molar-refractivity contribution in [3.05, 3.63) is 70.3 Å². The van der Waals surface area contributed by atoms with Crippen LogP contribution in [0, 0.1) is 0 Å². The molecule has 0 N–H and O–H groups in total. The number of allylic oxidation sites excluding steroid dienone is 2. The van der Waals surface area contributed by atoms with E-state index in [0.29, 0.717) is 59.8 Å². The molecule has 3 aromatic rings. The summed E-state index contributed by atoms with van der Waals surface area (Å²) in [6.07, 6.45) is 6.65. The van der Waals surface area contributed by atoms with Gasteiger partial charge in [-0.05, 0) is 24.6 Å². The molecule has 8 nitrogen and oxygen atoms in total. The molecule has 1 atom stereocenters. The predicted octanol–water partition coefficient (Wildman–Crippen LogP) is 4.01. The van der Waals surface area contributed by atoms with E-state index in [2.05, 4.69) is 15.2 Å². The Morgan fingerprint density at radius 3 is 3.06 bits per heavy atom. The van der Waals surface area contributed by atoms with Crippen molar-refractivity contribution in [2.24, 2.45) is 4.99 Å². The lowest BCUT2D eigenvalue weighted by atomic mass is 10.0. The molecule has 0 spiro atoms. The Morgan fingerprint density at radius 2 is 2.21 bits per heavy atom. The lowest BCUT2D eigenvalue weighted by molar-refractivity contribution is 0.174. The first kappa shape index (κ1) is 20.3. The van der Waals surface area contributed by atoms with Gasteiger partial charge in [-0.1, -0.05) is 23.8 Å². The Labute approximate surface area is 194 Å². The highest BCUT2D eigenvalue weighted by Gasteiger charge is 2.32. The smallest absolute Gasteiger partial charge is 0.238 e. The minimum absolute atomic E-state index is 0.121. The topological polar surface area (TPSA) is 79.3 Å². The van der Waals surface area contributed by atoms with Crippen LogP contribution in [0.3, 0.4) is 0 Å². The van der Waals surface area contributed by atoms with Gasteiger partial charge in [0.15, 0.2) is 11.6 Å². The van der Waals surface area contributed by atoms with E-state index >= 15 is 0 Å². The van der Waals surface area contributed by atoms with Crippen LogP contribution in [0.4, 0.5) is 4.39 Å². The van der Waals surface area contributed by atoms with Gasteiger partial charge in [0.1, 0.15) is 37.1 Å². The van der Waals surface area contributed by atoms with E-state index in [-0.39, 0.29) is 18.5 Å². The van der Waals surface area contributed by atoms with E-state index in [4.69, 9.17) is 26.1 Å². The van der Waals surface area contributed by atoms with Crippen molar-refractivity contribution in [1.29, 1.82) is 0 Å². The lowest BCUT2D eigenvalue weighted by Crippen LogP contribution is -2.13. The number of hydrogen-bond donors (Lipinski definition) is 0. The third-order valence-corrected chi connectivity index (χ3v) is 6.32. The number of hydrogen-bond acceptors (Lipinski definition) is 6. The van der Waals surface area contributed by atoms with Crippen molar-refractivity contribution in [3.8, 4) is 17.1 Å². The zero-order valence-electron chi connectivity index (χ0n) is 17.8. The Bertz CT molecular complexity index is 1350. The van der Waals surface area contributed by atoms with Gasteiger partial charge in [-0.25, -0.2) is 14.4 Å². The SMILES string of the molecule is COCc1nnc2n1Cc1c(C3=N[C@@H](C4=C(F)CCC=C4)CO3)ncn1-c1ccc(Cl)cc1-2. The van der Waals surface area contributed by atoms with Crippen LogP contribution in [0.5, 0.6) is 0 Å². The second kappa shape index (κ2) is 7.93. The van der Waals surface area contributed by atoms with Crippen LogP contribution >= 0.6 is 11.6 Å². The average molecular weight is 467 g/mol. The van der Waals surface area contributed by atoms with Gasteiger partial charge in [-0.2, -0.15) is 0 Å². The van der Waals surface area contributed by atoms with E-state index in [1.807, 2.05) is 39.5 Å². The summed E-state index contributed by atoms with van der Waals surface area (Å²) in [5.41, 5.74) is 3.78. The summed E-state index contributed by atoms with van der Waals surface area (Å²) in [6, 6.07) is 5.25. The Balaban J connectivity index is 1.48. The second-order valence-corrected chi connectivity index (χ2v) is 8.53. The molecule has 2 aliphatic heterocycles. The fraction of sp³-hybridized carbons (Fsp3) is 0.304. The van der Waals surface area contributed by atoms with E-state index < -0.39 is 0 Å². The Hall–Kier alpha value is -3.30. The number of nitrogens with zero attached hydrogens (tertiary/aromatic N) is 6. The fourth-order valence-corrected chi connectivity index (χ4v) is 4.68. The van der Waals surface area contributed by atoms with Crippen LogP contribution in [0.2, 0.25) is 5.02 Å². The van der Waals surface area contributed by atoms with Crippen molar-refractivity contribution in [2.75, 3.05) is 13.7 Å². The van der Waals surface area contributed by atoms with Crippen molar-refractivity contribution < 1.29 is 13.9 Å². The largest absolute Gasteiger partial charge is 0.474 e. The minimum atomic E-state index is -0.375. The molecule has 0 unspecified atom stereocenters. The number of methoxy groups -OCH3 is 1. The number of ether oxygens (including phenoxy) is 2.